The van der Waals surface area contributed by atoms with Gasteiger partial charge in [-0.3, -0.25) is 14.5 Å². The second-order valence-electron chi connectivity index (χ2n) is 5.07. The van der Waals surface area contributed by atoms with Crippen LogP contribution in [0, 0.1) is 3.57 Å². The van der Waals surface area contributed by atoms with Gasteiger partial charge < -0.3 is 10.6 Å². The lowest BCUT2D eigenvalue weighted by Crippen LogP contribution is -2.39. The van der Waals surface area contributed by atoms with E-state index in [9.17, 15) is 9.59 Å². The van der Waals surface area contributed by atoms with E-state index in [1.807, 2.05) is 24.3 Å². The molecular formula is C14H18IN3O2. The highest BCUT2D eigenvalue weighted by molar-refractivity contribution is 14.1. The highest BCUT2D eigenvalue weighted by Crippen LogP contribution is 2.18. The van der Waals surface area contributed by atoms with Crippen molar-refractivity contribution in [2.24, 2.45) is 0 Å². The summed E-state index contributed by atoms with van der Waals surface area (Å²) in [6.07, 6.45) is 2.14. The summed E-state index contributed by atoms with van der Waals surface area (Å²) < 4.78 is 1.12. The van der Waals surface area contributed by atoms with Crippen molar-refractivity contribution < 1.29 is 9.59 Å². The zero-order chi connectivity index (χ0) is 14.5. The lowest BCUT2D eigenvalue weighted by atomic mass is 10.3. The standard InChI is InChI=1S/C14H18IN3O2/c1-18(9-14(20)17-12-6-7-12)8-13(19)16-11-4-2-10(15)3-5-11/h2-5,12H,6-9H2,1H3,(H,16,19)(H,17,20). The van der Waals surface area contributed by atoms with E-state index >= 15 is 0 Å². The van der Waals surface area contributed by atoms with Crippen LogP contribution in [0.3, 0.4) is 0 Å². The van der Waals surface area contributed by atoms with Crippen LogP contribution in [0.1, 0.15) is 12.8 Å². The Bertz CT molecular complexity index is 486. The number of nitrogens with zero attached hydrogens (tertiary/aromatic N) is 1. The zero-order valence-electron chi connectivity index (χ0n) is 11.4. The first-order chi connectivity index (χ1) is 9.52. The number of halogens is 1. The average molecular weight is 387 g/mol. The number of carbonyl (C=O) groups excluding carboxylic acids is 2. The number of carbonyl (C=O) groups is 2. The van der Waals surface area contributed by atoms with Crippen molar-refractivity contribution in [2.75, 3.05) is 25.5 Å². The van der Waals surface area contributed by atoms with Gasteiger partial charge in [-0.25, -0.2) is 0 Å². The fraction of sp³-hybridized carbons (Fsp3) is 0.429. The Morgan fingerprint density at radius 3 is 2.40 bits per heavy atom. The predicted octanol–water partition coefficient (Wildman–Crippen LogP) is 1.44. The molecule has 0 spiro atoms. The molecule has 20 heavy (non-hydrogen) atoms. The summed E-state index contributed by atoms with van der Waals surface area (Å²) in [5, 5.41) is 5.71. The summed E-state index contributed by atoms with van der Waals surface area (Å²) in [7, 11) is 1.76. The molecule has 0 bridgehead atoms. The number of hydrogen-bond acceptors (Lipinski definition) is 3. The second kappa shape index (κ2) is 7.03. The third-order valence-corrected chi connectivity index (χ3v) is 3.62. The van der Waals surface area contributed by atoms with Crippen molar-refractivity contribution in [2.45, 2.75) is 18.9 Å². The van der Waals surface area contributed by atoms with Gasteiger partial charge >= 0.3 is 0 Å². The Kier molecular flexibility index (Phi) is 5.36. The summed E-state index contributed by atoms with van der Waals surface area (Å²) in [4.78, 5) is 25.1. The number of likely N-dealkylation sites (N-methyl/N-ethyl adjacent to an activating group) is 1. The van der Waals surface area contributed by atoms with Gasteiger partial charge in [-0.2, -0.15) is 0 Å². The van der Waals surface area contributed by atoms with Crippen molar-refractivity contribution in [3.8, 4) is 0 Å². The molecule has 1 aliphatic carbocycles. The van der Waals surface area contributed by atoms with Crippen LogP contribution in [-0.2, 0) is 9.59 Å². The minimum absolute atomic E-state index is 0.0166. The van der Waals surface area contributed by atoms with Gasteiger partial charge in [0, 0.05) is 15.3 Å². The number of nitrogens with one attached hydrogen (secondary N) is 2. The van der Waals surface area contributed by atoms with Crippen molar-refractivity contribution in [1.82, 2.24) is 10.2 Å². The molecule has 0 unspecified atom stereocenters. The lowest BCUT2D eigenvalue weighted by molar-refractivity contribution is -0.123. The first-order valence-electron chi connectivity index (χ1n) is 6.56. The highest BCUT2D eigenvalue weighted by Gasteiger charge is 2.23. The molecular weight excluding hydrogens is 369 g/mol. The molecule has 1 aromatic carbocycles. The van der Waals surface area contributed by atoms with Crippen LogP contribution in [0.4, 0.5) is 5.69 Å². The van der Waals surface area contributed by atoms with E-state index in [0.29, 0.717) is 6.04 Å². The highest BCUT2D eigenvalue weighted by atomic mass is 127. The lowest BCUT2D eigenvalue weighted by Gasteiger charge is -2.15. The zero-order valence-corrected chi connectivity index (χ0v) is 13.5. The Morgan fingerprint density at radius 2 is 1.80 bits per heavy atom. The maximum absolute atomic E-state index is 11.8. The fourth-order valence-corrected chi connectivity index (χ4v) is 2.14. The van der Waals surface area contributed by atoms with E-state index in [0.717, 1.165) is 22.1 Å². The SMILES string of the molecule is CN(CC(=O)Nc1ccc(I)cc1)CC(=O)NC1CC1. The van der Waals surface area contributed by atoms with Crippen LogP contribution in [-0.4, -0.2) is 42.9 Å². The summed E-state index contributed by atoms with van der Waals surface area (Å²) in [5.74, 6) is -0.134. The molecule has 0 aromatic heterocycles. The summed E-state index contributed by atoms with van der Waals surface area (Å²) in [6.45, 7) is 0.445. The van der Waals surface area contributed by atoms with Gasteiger partial charge in [0.1, 0.15) is 0 Å². The van der Waals surface area contributed by atoms with Gasteiger partial charge in [0.2, 0.25) is 11.8 Å². The molecule has 2 rings (SSSR count). The Morgan fingerprint density at radius 1 is 1.20 bits per heavy atom. The van der Waals surface area contributed by atoms with Crippen LogP contribution >= 0.6 is 22.6 Å². The van der Waals surface area contributed by atoms with Crippen LogP contribution in [0.15, 0.2) is 24.3 Å². The topological polar surface area (TPSA) is 61.4 Å². The van der Waals surface area contributed by atoms with Gasteiger partial charge in [0.25, 0.3) is 0 Å². The van der Waals surface area contributed by atoms with E-state index in [2.05, 4.69) is 33.2 Å². The normalized spacial score (nSPS) is 14.2. The monoisotopic (exact) mass is 387 g/mol. The Labute approximate surface area is 132 Å². The van der Waals surface area contributed by atoms with Crippen LogP contribution < -0.4 is 10.6 Å². The fourth-order valence-electron chi connectivity index (χ4n) is 1.78. The first kappa shape index (κ1) is 15.2. The number of hydrogen-bond donors (Lipinski definition) is 2. The van der Waals surface area contributed by atoms with Crippen molar-refractivity contribution in [3.63, 3.8) is 0 Å². The van der Waals surface area contributed by atoms with Crippen molar-refractivity contribution in [3.05, 3.63) is 27.8 Å². The maximum Gasteiger partial charge on any atom is 0.238 e. The van der Waals surface area contributed by atoms with Crippen LogP contribution in [0.2, 0.25) is 0 Å². The summed E-state index contributed by atoms with van der Waals surface area (Å²) >= 11 is 2.21. The molecule has 1 aliphatic rings. The first-order valence-corrected chi connectivity index (χ1v) is 7.64. The van der Waals surface area contributed by atoms with Gasteiger partial charge in [-0.05, 0) is 66.7 Å². The average Bonchev–Trinajstić information content (AvgIpc) is 3.15. The largest absolute Gasteiger partial charge is 0.352 e. The molecule has 5 nitrogen and oxygen atoms in total. The van der Waals surface area contributed by atoms with Crippen LogP contribution in [0.5, 0.6) is 0 Å². The van der Waals surface area contributed by atoms with Crippen molar-refractivity contribution in [1.29, 1.82) is 0 Å². The Hall–Kier alpha value is -1.15. The molecule has 0 aliphatic heterocycles. The van der Waals surface area contributed by atoms with E-state index in [4.69, 9.17) is 0 Å². The Balaban J connectivity index is 1.72. The quantitative estimate of drug-likeness (QED) is 0.727. The minimum atomic E-state index is -0.118. The molecule has 0 saturated heterocycles. The number of amides is 2. The van der Waals surface area contributed by atoms with Gasteiger partial charge in [-0.1, -0.05) is 0 Å². The summed E-state index contributed by atoms with van der Waals surface area (Å²) in [6, 6.07) is 7.95. The second-order valence-corrected chi connectivity index (χ2v) is 6.31. The molecule has 6 heteroatoms. The van der Waals surface area contributed by atoms with Gasteiger partial charge in [0.15, 0.2) is 0 Å². The smallest absolute Gasteiger partial charge is 0.238 e. The molecule has 0 atom stereocenters. The molecule has 1 aromatic rings. The third kappa shape index (κ3) is 5.46. The molecule has 1 saturated carbocycles. The molecule has 0 heterocycles. The van der Waals surface area contributed by atoms with Crippen molar-refractivity contribution >= 4 is 40.1 Å². The maximum atomic E-state index is 11.8. The molecule has 2 amide bonds. The van der Waals surface area contributed by atoms with Crippen LogP contribution in [0.25, 0.3) is 0 Å². The van der Waals surface area contributed by atoms with E-state index in [-0.39, 0.29) is 24.9 Å². The molecule has 0 radical (unpaired) electrons. The molecule has 1 fully saturated rings. The van der Waals surface area contributed by atoms with E-state index < -0.39 is 0 Å². The van der Waals surface area contributed by atoms with E-state index in [1.165, 1.54) is 0 Å². The minimum Gasteiger partial charge on any atom is -0.352 e. The predicted molar refractivity (Wildman–Crippen MR) is 86.5 cm³/mol. The number of benzene rings is 1. The summed E-state index contributed by atoms with van der Waals surface area (Å²) in [5.41, 5.74) is 0.770. The van der Waals surface area contributed by atoms with E-state index in [1.54, 1.807) is 11.9 Å². The molecule has 2 N–H and O–H groups in total. The van der Waals surface area contributed by atoms with Gasteiger partial charge in [-0.15, -0.1) is 0 Å². The number of anilines is 1. The van der Waals surface area contributed by atoms with Gasteiger partial charge in [0.05, 0.1) is 13.1 Å². The molecule has 108 valence electrons. The number of rotatable bonds is 6. The third-order valence-electron chi connectivity index (χ3n) is 2.90.